The SMILES string of the molecule is CC(=O)NCC=C(C)CCC=C(C)CCC=C(C)CCC=C(C)C. The topological polar surface area (TPSA) is 29.1 Å². The van der Waals surface area contributed by atoms with E-state index >= 15 is 0 Å². The Morgan fingerprint density at radius 2 is 1.08 bits per heavy atom. The van der Waals surface area contributed by atoms with Crippen molar-refractivity contribution in [2.75, 3.05) is 6.54 Å². The molecule has 0 fully saturated rings. The van der Waals surface area contributed by atoms with Gasteiger partial charge in [-0.15, -0.1) is 0 Å². The standard InChI is InChI=1S/C22H37NO/c1-18(2)10-7-11-19(3)12-8-13-20(4)14-9-15-21(5)16-17-23-22(6)24/h10,12,14,16H,7-9,11,13,15,17H2,1-6H3,(H,23,24). The number of carbonyl (C=O) groups excluding carboxylic acids is 1. The predicted molar refractivity (Wildman–Crippen MR) is 107 cm³/mol. The van der Waals surface area contributed by atoms with Crippen LogP contribution in [0.3, 0.4) is 0 Å². The Morgan fingerprint density at radius 1 is 0.667 bits per heavy atom. The summed E-state index contributed by atoms with van der Waals surface area (Å²) in [7, 11) is 0. The minimum absolute atomic E-state index is 0.0268. The highest BCUT2D eigenvalue weighted by Crippen LogP contribution is 2.13. The van der Waals surface area contributed by atoms with E-state index in [1.54, 1.807) is 6.92 Å². The quantitative estimate of drug-likeness (QED) is 0.444. The zero-order valence-electron chi connectivity index (χ0n) is 16.7. The van der Waals surface area contributed by atoms with Gasteiger partial charge in [0.1, 0.15) is 0 Å². The van der Waals surface area contributed by atoms with E-state index in [9.17, 15) is 4.79 Å². The first kappa shape index (κ1) is 22.4. The lowest BCUT2D eigenvalue weighted by molar-refractivity contribution is -0.118. The lowest BCUT2D eigenvalue weighted by Crippen LogP contribution is -2.19. The third kappa shape index (κ3) is 15.3. The fraction of sp³-hybridized carbons (Fsp3) is 0.591. The average Bonchev–Trinajstić information content (AvgIpc) is 2.46. The number of nitrogens with one attached hydrogen (secondary N) is 1. The predicted octanol–water partition coefficient (Wildman–Crippen LogP) is 6.27. The summed E-state index contributed by atoms with van der Waals surface area (Å²) in [6, 6.07) is 0. The van der Waals surface area contributed by atoms with Gasteiger partial charge in [-0.1, -0.05) is 46.6 Å². The lowest BCUT2D eigenvalue weighted by Gasteiger charge is -2.03. The Hall–Kier alpha value is -1.57. The van der Waals surface area contributed by atoms with Crippen molar-refractivity contribution in [2.24, 2.45) is 0 Å². The molecule has 0 aliphatic rings. The first-order chi connectivity index (χ1) is 11.3. The highest BCUT2D eigenvalue weighted by atomic mass is 16.1. The Kier molecular flexibility index (Phi) is 12.9. The number of carbonyl (C=O) groups is 1. The van der Waals surface area contributed by atoms with Crippen molar-refractivity contribution in [1.82, 2.24) is 5.32 Å². The van der Waals surface area contributed by atoms with Gasteiger partial charge in [0.2, 0.25) is 5.91 Å². The molecule has 136 valence electrons. The van der Waals surface area contributed by atoms with Gasteiger partial charge in [0, 0.05) is 13.5 Å². The van der Waals surface area contributed by atoms with Crippen LogP contribution in [0.5, 0.6) is 0 Å². The second-order valence-electron chi connectivity index (χ2n) is 6.99. The van der Waals surface area contributed by atoms with Crippen molar-refractivity contribution in [2.45, 2.75) is 80.1 Å². The van der Waals surface area contributed by atoms with Crippen LogP contribution in [0.1, 0.15) is 80.1 Å². The van der Waals surface area contributed by atoms with Crippen molar-refractivity contribution in [3.05, 3.63) is 46.6 Å². The van der Waals surface area contributed by atoms with Gasteiger partial charge >= 0.3 is 0 Å². The number of hydrogen-bond acceptors (Lipinski definition) is 1. The molecule has 0 rings (SSSR count). The van der Waals surface area contributed by atoms with Gasteiger partial charge in [0.05, 0.1) is 0 Å². The second-order valence-corrected chi connectivity index (χ2v) is 6.99. The molecule has 0 aromatic heterocycles. The van der Waals surface area contributed by atoms with Gasteiger partial charge in [0.25, 0.3) is 0 Å². The van der Waals surface area contributed by atoms with Crippen LogP contribution in [-0.4, -0.2) is 12.5 Å². The fourth-order valence-electron chi connectivity index (χ4n) is 2.36. The molecule has 0 bridgehead atoms. The fourth-order valence-corrected chi connectivity index (χ4v) is 2.36. The Morgan fingerprint density at radius 3 is 1.50 bits per heavy atom. The lowest BCUT2D eigenvalue weighted by atomic mass is 10.0. The zero-order valence-corrected chi connectivity index (χ0v) is 16.7. The first-order valence-electron chi connectivity index (χ1n) is 9.16. The molecule has 1 N–H and O–H groups in total. The molecule has 2 nitrogen and oxygen atoms in total. The largest absolute Gasteiger partial charge is 0.353 e. The third-order valence-electron chi connectivity index (χ3n) is 3.96. The molecule has 0 unspecified atom stereocenters. The summed E-state index contributed by atoms with van der Waals surface area (Å²) in [5.74, 6) is 0.0268. The van der Waals surface area contributed by atoms with Crippen LogP contribution in [-0.2, 0) is 4.79 Å². The van der Waals surface area contributed by atoms with Crippen LogP contribution >= 0.6 is 0 Å². The van der Waals surface area contributed by atoms with Crippen LogP contribution in [0, 0.1) is 0 Å². The summed E-state index contributed by atoms with van der Waals surface area (Å²) in [4.78, 5) is 10.8. The number of allylic oxidation sites excluding steroid dienone is 7. The molecule has 24 heavy (non-hydrogen) atoms. The zero-order chi connectivity index (χ0) is 18.4. The molecule has 0 atom stereocenters. The molecule has 0 aliphatic heterocycles. The van der Waals surface area contributed by atoms with Crippen molar-refractivity contribution in [1.29, 1.82) is 0 Å². The van der Waals surface area contributed by atoms with Gasteiger partial charge in [-0.2, -0.15) is 0 Å². The third-order valence-corrected chi connectivity index (χ3v) is 3.96. The van der Waals surface area contributed by atoms with Gasteiger partial charge in [0.15, 0.2) is 0 Å². The number of hydrogen-bond donors (Lipinski definition) is 1. The molecule has 1 amide bonds. The Bertz CT molecular complexity index is 488. The van der Waals surface area contributed by atoms with E-state index in [0.29, 0.717) is 6.54 Å². The maximum Gasteiger partial charge on any atom is 0.217 e. The molecule has 0 radical (unpaired) electrons. The molecule has 0 aromatic carbocycles. The minimum atomic E-state index is 0.0268. The van der Waals surface area contributed by atoms with Crippen LogP contribution in [0.2, 0.25) is 0 Å². The molecule has 0 aromatic rings. The van der Waals surface area contributed by atoms with Crippen LogP contribution in [0.25, 0.3) is 0 Å². The molecule has 2 heteroatoms. The Labute approximate surface area is 149 Å². The maximum absolute atomic E-state index is 10.8. The van der Waals surface area contributed by atoms with Gasteiger partial charge in [-0.05, 0) is 73.1 Å². The van der Waals surface area contributed by atoms with Crippen molar-refractivity contribution >= 4 is 5.91 Å². The summed E-state index contributed by atoms with van der Waals surface area (Å²) in [5.41, 5.74) is 5.71. The van der Waals surface area contributed by atoms with E-state index < -0.39 is 0 Å². The summed E-state index contributed by atoms with van der Waals surface area (Å²) < 4.78 is 0. The summed E-state index contributed by atoms with van der Waals surface area (Å²) in [5, 5.41) is 2.79. The van der Waals surface area contributed by atoms with E-state index in [2.05, 4.69) is 64.2 Å². The van der Waals surface area contributed by atoms with Gasteiger partial charge in [-0.3, -0.25) is 4.79 Å². The summed E-state index contributed by atoms with van der Waals surface area (Å²) >= 11 is 0. The van der Waals surface area contributed by atoms with Crippen molar-refractivity contribution in [3.63, 3.8) is 0 Å². The van der Waals surface area contributed by atoms with Gasteiger partial charge in [-0.25, -0.2) is 0 Å². The average molecular weight is 332 g/mol. The highest BCUT2D eigenvalue weighted by molar-refractivity contribution is 5.72. The van der Waals surface area contributed by atoms with E-state index in [0.717, 1.165) is 32.1 Å². The second kappa shape index (κ2) is 13.8. The van der Waals surface area contributed by atoms with E-state index in [1.165, 1.54) is 28.7 Å². The number of rotatable bonds is 11. The molecule has 0 saturated heterocycles. The van der Waals surface area contributed by atoms with E-state index in [-0.39, 0.29) is 5.91 Å². The van der Waals surface area contributed by atoms with Crippen LogP contribution < -0.4 is 5.32 Å². The molecule has 0 spiro atoms. The summed E-state index contributed by atoms with van der Waals surface area (Å²) in [6.45, 7) is 13.1. The summed E-state index contributed by atoms with van der Waals surface area (Å²) in [6.07, 6.45) is 15.9. The van der Waals surface area contributed by atoms with Crippen LogP contribution in [0.4, 0.5) is 0 Å². The first-order valence-corrected chi connectivity index (χ1v) is 9.16. The normalized spacial score (nSPS) is 13.0. The Balaban J connectivity index is 3.98. The van der Waals surface area contributed by atoms with Crippen molar-refractivity contribution < 1.29 is 4.79 Å². The molecule has 0 saturated carbocycles. The smallest absolute Gasteiger partial charge is 0.217 e. The molecule has 0 heterocycles. The minimum Gasteiger partial charge on any atom is -0.353 e. The van der Waals surface area contributed by atoms with E-state index in [4.69, 9.17) is 0 Å². The van der Waals surface area contributed by atoms with Crippen LogP contribution in [0.15, 0.2) is 46.6 Å². The monoisotopic (exact) mass is 331 g/mol. The molecule has 0 aliphatic carbocycles. The molecular formula is C22H37NO. The molecular weight excluding hydrogens is 294 g/mol. The highest BCUT2D eigenvalue weighted by Gasteiger charge is 1.94. The number of amides is 1. The van der Waals surface area contributed by atoms with Crippen molar-refractivity contribution in [3.8, 4) is 0 Å². The maximum atomic E-state index is 10.8. The van der Waals surface area contributed by atoms with Gasteiger partial charge < -0.3 is 5.32 Å². The van der Waals surface area contributed by atoms with E-state index in [1.807, 2.05) is 0 Å².